The lowest BCUT2D eigenvalue weighted by Crippen LogP contribution is -2.56. The van der Waals surface area contributed by atoms with Gasteiger partial charge in [-0.25, -0.2) is 0 Å². The SMILES string of the molecule is COC(c1ccccc1)(c1ccccc1)[C@@H]1OB(c2ccoc2[C@@H](O)C[Si](C)(C)C)O[C@H]1C(OC)(c1ccccc1)c1ccccc1. The lowest BCUT2D eigenvalue weighted by atomic mass is 9.71. The van der Waals surface area contributed by atoms with E-state index < -0.39 is 44.7 Å². The molecule has 0 aliphatic carbocycles. The molecule has 1 aliphatic rings. The number of methoxy groups -OCH3 is 2. The first-order chi connectivity index (χ1) is 22.7. The fourth-order valence-electron chi connectivity index (χ4n) is 7.11. The van der Waals surface area contributed by atoms with E-state index in [2.05, 4.69) is 68.2 Å². The molecule has 0 radical (unpaired) electrons. The molecule has 2 heterocycles. The second-order valence-corrected chi connectivity index (χ2v) is 18.8. The fourth-order valence-corrected chi connectivity index (χ4v) is 8.46. The molecule has 1 aromatic heterocycles. The maximum absolute atomic E-state index is 11.4. The van der Waals surface area contributed by atoms with E-state index in [0.717, 1.165) is 22.3 Å². The predicted octanol–water partition coefficient (Wildman–Crippen LogP) is 7.31. The summed E-state index contributed by atoms with van der Waals surface area (Å²) in [6.45, 7) is 6.69. The Kier molecular flexibility index (Phi) is 9.71. The molecule has 1 fully saturated rings. The number of ether oxygens (including phenoxy) is 2. The molecule has 0 bridgehead atoms. The van der Waals surface area contributed by atoms with Gasteiger partial charge in [0.05, 0.1) is 6.26 Å². The van der Waals surface area contributed by atoms with E-state index in [1.165, 1.54) is 0 Å². The zero-order valence-electron chi connectivity index (χ0n) is 27.7. The molecule has 0 amide bonds. The number of furan rings is 1. The van der Waals surface area contributed by atoms with Gasteiger partial charge in [-0.3, -0.25) is 0 Å². The summed E-state index contributed by atoms with van der Waals surface area (Å²) in [4.78, 5) is 0. The molecule has 47 heavy (non-hydrogen) atoms. The van der Waals surface area contributed by atoms with Crippen LogP contribution in [0.25, 0.3) is 0 Å². The van der Waals surface area contributed by atoms with Crippen molar-refractivity contribution in [2.24, 2.45) is 0 Å². The van der Waals surface area contributed by atoms with E-state index in [9.17, 15) is 5.11 Å². The van der Waals surface area contributed by atoms with Gasteiger partial charge in [0.25, 0.3) is 0 Å². The van der Waals surface area contributed by atoms with Gasteiger partial charge in [-0.15, -0.1) is 0 Å². The standard InChI is InChI=1S/C39H43BO6Si/c1-42-38(29-18-10-6-11-19-29,30-20-12-7-13-21-30)36-37(39(43-2,31-22-14-8-15-23-31)32-24-16-9-17-25-32)46-40(45-36)33-26-27-44-35(33)34(41)28-47(3,4)5/h6-27,34,36-37,41H,28H2,1-5H3/t34-,36+,37+/m0/s1. The topological polar surface area (TPSA) is 70.3 Å². The van der Waals surface area contributed by atoms with E-state index in [0.29, 0.717) is 17.3 Å². The molecule has 6 nitrogen and oxygen atoms in total. The van der Waals surface area contributed by atoms with Crippen molar-refractivity contribution < 1.29 is 28.3 Å². The van der Waals surface area contributed by atoms with Gasteiger partial charge in [0.2, 0.25) is 0 Å². The van der Waals surface area contributed by atoms with E-state index in [4.69, 9.17) is 23.2 Å². The van der Waals surface area contributed by atoms with Gasteiger partial charge >= 0.3 is 7.12 Å². The molecule has 0 saturated carbocycles. The molecule has 5 aromatic rings. The van der Waals surface area contributed by atoms with Crippen LogP contribution in [0.4, 0.5) is 0 Å². The fraction of sp³-hybridized carbons (Fsp3) is 0.282. The third kappa shape index (κ3) is 6.18. The molecule has 1 N–H and O–H groups in total. The lowest BCUT2D eigenvalue weighted by molar-refractivity contribution is -0.136. The van der Waals surface area contributed by atoms with E-state index in [-0.39, 0.29) is 0 Å². The minimum atomic E-state index is -1.65. The minimum Gasteiger partial charge on any atom is -0.467 e. The summed E-state index contributed by atoms with van der Waals surface area (Å²) in [7, 11) is 0.898. The molecule has 0 spiro atoms. The van der Waals surface area contributed by atoms with Crippen molar-refractivity contribution in [2.45, 2.75) is 55.2 Å². The van der Waals surface area contributed by atoms with Gasteiger partial charge in [0.1, 0.15) is 35.3 Å². The number of benzene rings is 4. The van der Waals surface area contributed by atoms with E-state index in [1.54, 1.807) is 20.5 Å². The highest BCUT2D eigenvalue weighted by Crippen LogP contribution is 2.50. The number of hydrogen-bond donors (Lipinski definition) is 1. The largest absolute Gasteiger partial charge is 0.498 e. The molecule has 1 saturated heterocycles. The Bertz CT molecular complexity index is 1530. The van der Waals surface area contributed by atoms with Crippen LogP contribution in [-0.2, 0) is 30.0 Å². The number of rotatable bonds is 12. The summed E-state index contributed by atoms with van der Waals surface area (Å²) >= 11 is 0. The smallest absolute Gasteiger partial charge is 0.467 e. The summed E-state index contributed by atoms with van der Waals surface area (Å²) in [5.74, 6) is 0.460. The third-order valence-electron chi connectivity index (χ3n) is 9.16. The average molecular weight is 647 g/mol. The molecule has 1 aliphatic heterocycles. The van der Waals surface area contributed by atoms with Gasteiger partial charge in [-0.05, 0) is 34.4 Å². The Morgan fingerprint density at radius 2 is 1.00 bits per heavy atom. The Hall–Kier alpha value is -3.76. The second-order valence-electron chi connectivity index (χ2n) is 13.3. The quantitative estimate of drug-likeness (QED) is 0.143. The highest BCUT2D eigenvalue weighted by atomic mass is 28.3. The highest BCUT2D eigenvalue weighted by Gasteiger charge is 2.62. The average Bonchev–Trinajstić information content (AvgIpc) is 3.77. The van der Waals surface area contributed by atoms with Crippen molar-refractivity contribution in [2.75, 3.05) is 14.2 Å². The maximum atomic E-state index is 11.4. The Labute approximate surface area is 279 Å². The second kappa shape index (κ2) is 13.8. The van der Waals surface area contributed by atoms with Gasteiger partial charge in [0.15, 0.2) is 0 Å². The highest BCUT2D eigenvalue weighted by molar-refractivity contribution is 6.76. The zero-order chi connectivity index (χ0) is 33.1. The molecule has 0 unspecified atom stereocenters. The summed E-state index contributed by atoms with van der Waals surface area (Å²) in [6.07, 6.45) is -0.690. The van der Waals surface area contributed by atoms with E-state index >= 15 is 0 Å². The van der Waals surface area contributed by atoms with Crippen LogP contribution in [0.2, 0.25) is 25.7 Å². The van der Waals surface area contributed by atoms with Crippen molar-refractivity contribution in [1.29, 1.82) is 0 Å². The van der Waals surface area contributed by atoms with Gasteiger partial charge < -0.3 is 28.3 Å². The van der Waals surface area contributed by atoms with Crippen molar-refractivity contribution in [3.05, 3.63) is 162 Å². The van der Waals surface area contributed by atoms with Crippen molar-refractivity contribution >= 4 is 20.7 Å². The molecule has 6 rings (SSSR count). The van der Waals surface area contributed by atoms with Gasteiger partial charge in [-0.2, -0.15) is 0 Å². The predicted molar refractivity (Wildman–Crippen MR) is 188 cm³/mol. The Morgan fingerprint density at radius 1 is 0.638 bits per heavy atom. The van der Waals surface area contributed by atoms with Crippen LogP contribution in [0.5, 0.6) is 0 Å². The monoisotopic (exact) mass is 646 g/mol. The van der Waals surface area contributed by atoms with Gasteiger partial charge in [0, 0.05) is 27.8 Å². The molecule has 4 aromatic carbocycles. The normalized spacial score (nSPS) is 18.0. The third-order valence-corrected chi connectivity index (χ3v) is 10.8. The summed E-state index contributed by atoms with van der Waals surface area (Å²) < 4.78 is 33.7. The first kappa shape index (κ1) is 33.2. The van der Waals surface area contributed by atoms with Crippen LogP contribution in [0, 0.1) is 0 Å². The first-order valence-electron chi connectivity index (χ1n) is 16.1. The summed E-state index contributed by atoms with van der Waals surface area (Å²) in [5.41, 5.74) is 2.03. The lowest BCUT2D eigenvalue weighted by Gasteiger charge is -2.46. The first-order valence-corrected chi connectivity index (χ1v) is 19.8. The van der Waals surface area contributed by atoms with Crippen LogP contribution >= 0.6 is 0 Å². The summed E-state index contributed by atoms with van der Waals surface area (Å²) in [5, 5.41) is 11.4. The van der Waals surface area contributed by atoms with Crippen molar-refractivity contribution in [1.82, 2.24) is 0 Å². The zero-order valence-corrected chi connectivity index (χ0v) is 28.7. The molecule has 3 atom stereocenters. The number of aliphatic hydroxyl groups excluding tert-OH is 1. The van der Waals surface area contributed by atoms with Crippen LogP contribution < -0.4 is 5.46 Å². The number of aliphatic hydroxyl groups is 1. The van der Waals surface area contributed by atoms with Crippen LogP contribution in [-0.4, -0.2) is 46.7 Å². The molecular formula is C39H43BO6Si. The summed E-state index contributed by atoms with van der Waals surface area (Å²) in [6, 6.07) is 43.0. The van der Waals surface area contributed by atoms with E-state index in [1.807, 2.05) is 78.9 Å². The molecule has 242 valence electrons. The van der Waals surface area contributed by atoms with Crippen molar-refractivity contribution in [3.8, 4) is 0 Å². The van der Waals surface area contributed by atoms with Crippen molar-refractivity contribution in [3.63, 3.8) is 0 Å². The Morgan fingerprint density at radius 3 is 1.32 bits per heavy atom. The van der Waals surface area contributed by atoms with Crippen LogP contribution in [0.1, 0.15) is 34.1 Å². The number of hydrogen-bond acceptors (Lipinski definition) is 6. The molecule has 8 heteroatoms. The van der Waals surface area contributed by atoms with Crippen LogP contribution in [0.3, 0.4) is 0 Å². The van der Waals surface area contributed by atoms with Crippen LogP contribution in [0.15, 0.2) is 138 Å². The van der Waals surface area contributed by atoms with Gasteiger partial charge in [-0.1, -0.05) is 141 Å². The minimum absolute atomic E-state index is 0.460. The maximum Gasteiger partial charge on any atom is 0.498 e. The Balaban J connectivity index is 1.61. The molecular weight excluding hydrogens is 603 g/mol.